The number of rotatable bonds is 3. The molecule has 25 heavy (non-hydrogen) atoms. The second-order valence-corrected chi connectivity index (χ2v) is 7.87. The van der Waals surface area contributed by atoms with Crippen LogP contribution in [0.5, 0.6) is 5.75 Å². The molecule has 4 rings (SSSR count). The molecule has 4 nitrogen and oxygen atoms in total. The highest BCUT2D eigenvalue weighted by Crippen LogP contribution is 2.47. The molecule has 3 atom stereocenters. The van der Waals surface area contributed by atoms with Crippen molar-refractivity contribution in [1.82, 2.24) is 4.90 Å². The lowest BCUT2D eigenvalue weighted by molar-refractivity contribution is -0.147. The number of benzene rings is 1. The Morgan fingerprint density at radius 2 is 2.04 bits per heavy atom. The van der Waals surface area contributed by atoms with Crippen LogP contribution in [0.15, 0.2) is 24.3 Å². The van der Waals surface area contributed by atoms with Crippen molar-refractivity contribution in [1.29, 1.82) is 0 Å². The number of fused-ring (bicyclic) bond motifs is 1. The molecule has 0 bridgehead atoms. The first-order chi connectivity index (χ1) is 12.2. The van der Waals surface area contributed by atoms with Crippen molar-refractivity contribution < 1.29 is 14.3 Å². The second kappa shape index (κ2) is 6.81. The van der Waals surface area contributed by atoms with Crippen LogP contribution in [0.1, 0.15) is 56.6 Å². The number of carbonyl (C=O) groups is 2. The van der Waals surface area contributed by atoms with Crippen LogP contribution < -0.4 is 4.74 Å². The molecule has 1 saturated heterocycles. The van der Waals surface area contributed by atoms with Gasteiger partial charge >= 0.3 is 0 Å². The van der Waals surface area contributed by atoms with Crippen LogP contribution in [-0.4, -0.2) is 30.2 Å². The van der Waals surface area contributed by atoms with Crippen molar-refractivity contribution in [2.45, 2.75) is 51.0 Å². The lowest BCUT2D eigenvalue weighted by Gasteiger charge is -2.49. The number of hydrogen-bond acceptors (Lipinski definition) is 3. The zero-order chi connectivity index (χ0) is 17.4. The Labute approximate surface area is 149 Å². The number of amides is 1. The van der Waals surface area contributed by atoms with Gasteiger partial charge in [0, 0.05) is 25.3 Å². The van der Waals surface area contributed by atoms with E-state index in [4.69, 9.17) is 4.74 Å². The first-order valence-electron chi connectivity index (χ1n) is 9.63. The second-order valence-electron chi connectivity index (χ2n) is 7.87. The molecule has 0 radical (unpaired) electrons. The average molecular weight is 341 g/mol. The zero-order valence-corrected chi connectivity index (χ0v) is 14.9. The molecule has 1 heterocycles. The number of likely N-dealkylation sites (tertiary alicyclic amines) is 1. The van der Waals surface area contributed by atoms with E-state index in [1.165, 1.54) is 6.42 Å². The maximum absolute atomic E-state index is 13.1. The van der Waals surface area contributed by atoms with Crippen LogP contribution in [0.3, 0.4) is 0 Å². The molecular weight excluding hydrogens is 314 g/mol. The summed E-state index contributed by atoms with van der Waals surface area (Å²) in [6.45, 7) is 0.783. The topological polar surface area (TPSA) is 46.6 Å². The van der Waals surface area contributed by atoms with Gasteiger partial charge in [0.15, 0.2) is 0 Å². The van der Waals surface area contributed by atoms with E-state index >= 15 is 0 Å². The third-order valence-electron chi connectivity index (χ3n) is 6.51. The lowest BCUT2D eigenvalue weighted by atomic mass is 9.68. The molecule has 0 spiro atoms. The Hall–Kier alpha value is -1.84. The average Bonchev–Trinajstić information content (AvgIpc) is 2.59. The maximum atomic E-state index is 13.1. The summed E-state index contributed by atoms with van der Waals surface area (Å²) < 4.78 is 5.42. The molecule has 134 valence electrons. The maximum Gasteiger partial charge on any atom is 0.226 e. The molecule has 3 aliphatic rings. The Balaban J connectivity index is 1.68. The molecule has 1 aliphatic heterocycles. The Kier molecular flexibility index (Phi) is 4.53. The number of methoxy groups -OCH3 is 1. The van der Waals surface area contributed by atoms with E-state index < -0.39 is 0 Å². The van der Waals surface area contributed by atoms with E-state index in [-0.39, 0.29) is 12.0 Å². The van der Waals surface area contributed by atoms with Gasteiger partial charge < -0.3 is 9.64 Å². The van der Waals surface area contributed by atoms with Gasteiger partial charge in [-0.1, -0.05) is 18.6 Å². The molecule has 0 N–H and O–H groups in total. The Bertz CT molecular complexity index is 667. The fourth-order valence-corrected chi connectivity index (χ4v) is 4.91. The first-order valence-corrected chi connectivity index (χ1v) is 9.63. The monoisotopic (exact) mass is 341 g/mol. The minimum Gasteiger partial charge on any atom is -0.497 e. The molecule has 4 heteroatoms. The normalized spacial score (nSPS) is 29.7. The summed E-state index contributed by atoms with van der Waals surface area (Å²) in [5, 5.41) is 0. The smallest absolute Gasteiger partial charge is 0.226 e. The quantitative estimate of drug-likeness (QED) is 0.841. The summed E-state index contributed by atoms with van der Waals surface area (Å²) in [5.41, 5.74) is 1.16. The zero-order valence-electron chi connectivity index (χ0n) is 14.9. The fourth-order valence-electron chi connectivity index (χ4n) is 4.91. The van der Waals surface area contributed by atoms with E-state index in [0.29, 0.717) is 36.4 Å². The first kappa shape index (κ1) is 16.6. The predicted octanol–water partition coefficient (Wildman–Crippen LogP) is 3.75. The number of ether oxygens (including phenoxy) is 1. The SMILES string of the molecule is COc1cccc(C2C3CCC(=O)CC3CCN2C(=O)C2CCC2)c1. The Morgan fingerprint density at radius 3 is 2.76 bits per heavy atom. The minimum absolute atomic E-state index is 0.0926. The molecule has 3 fully saturated rings. The number of ketones is 1. The van der Waals surface area contributed by atoms with E-state index in [1.54, 1.807) is 7.11 Å². The number of carbonyl (C=O) groups excluding carboxylic acids is 2. The van der Waals surface area contributed by atoms with Crippen molar-refractivity contribution >= 4 is 11.7 Å². The van der Waals surface area contributed by atoms with Gasteiger partial charge in [0.25, 0.3) is 0 Å². The lowest BCUT2D eigenvalue weighted by Crippen LogP contribution is -2.50. The standard InChI is InChI=1S/C21H27NO3/c1-25-18-7-3-6-16(13-18)20-19-9-8-17(23)12-15(19)10-11-22(20)21(24)14-4-2-5-14/h3,6-7,13-15,19-20H,2,4-5,8-12H2,1H3. The summed E-state index contributed by atoms with van der Waals surface area (Å²) in [4.78, 5) is 27.2. The van der Waals surface area contributed by atoms with Gasteiger partial charge in [-0.2, -0.15) is 0 Å². The van der Waals surface area contributed by atoms with Crippen molar-refractivity contribution in [3.63, 3.8) is 0 Å². The highest BCUT2D eigenvalue weighted by atomic mass is 16.5. The number of nitrogens with zero attached hydrogens (tertiary/aromatic N) is 1. The van der Waals surface area contributed by atoms with Crippen LogP contribution in [0, 0.1) is 17.8 Å². The molecule has 0 aromatic heterocycles. The fraction of sp³-hybridized carbons (Fsp3) is 0.619. The molecule has 2 aliphatic carbocycles. The van der Waals surface area contributed by atoms with Crippen molar-refractivity contribution in [3.05, 3.63) is 29.8 Å². The van der Waals surface area contributed by atoms with E-state index in [1.807, 2.05) is 12.1 Å². The van der Waals surface area contributed by atoms with Crippen molar-refractivity contribution in [2.24, 2.45) is 17.8 Å². The van der Waals surface area contributed by atoms with E-state index in [0.717, 1.165) is 43.5 Å². The molecule has 3 unspecified atom stereocenters. The van der Waals surface area contributed by atoms with Gasteiger partial charge in [-0.25, -0.2) is 0 Å². The van der Waals surface area contributed by atoms with Crippen LogP contribution in [0.2, 0.25) is 0 Å². The summed E-state index contributed by atoms with van der Waals surface area (Å²) in [6, 6.07) is 8.25. The van der Waals surface area contributed by atoms with Gasteiger partial charge in [0.1, 0.15) is 11.5 Å². The third kappa shape index (κ3) is 3.07. The molecule has 1 aromatic rings. The van der Waals surface area contributed by atoms with Crippen LogP contribution in [0.4, 0.5) is 0 Å². The van der Waals surface area contributed by atoms with Gasteiger partial charge in [-0.05, 0) is 55.2 Å². The van der Waals surface area contributed by atoms with Crippen molar-refractivity contribution in [3.8, 4) is 5.75 Å². The third-order valence-corrected chi connectivity index (χ3v) is 6.51. The highest BCUT2D eigenvalue weighted by Gasteiger charge is 2.45. The van der Waals surface area contributed by atoms with Gasteiger partial charge in [-0.15, -0.1) is 0 Å². The number of Topliss-reactive ketones (excluding diaryl/α,β-unsaturated/α-hetero) is 1. The summed E-state index contributed by atoms with van der Waals surface area (Å²) in [5.74, 6) is 2.58. The van der Waals surface area contributed by atoms with E-state index in [9.17, 15) is 9.59 Å². The highest BCUT2D eigenvalue weighted by molar-refractivity contribution is 5.81. The predicted molar refractivity (Wildman–Crippen MR) is 95.2 cm³/mol. The summed E-state index contributed by atoms with van der Waals surface area (Å²) in [6.07, 6.45) is 6.47. The van der Waals surface area contributed by atoms with Crippen LogP contribution >= 0.6 is 0 Å². The van der Waals surface area contributed by atoms with Gasteiger partial charge in [0.2, 0.25) is 5.91 Å². The Morgan fingerprint density at radius 1 is 1.20 bits per heavy atom. The summed E-state index contributed by atoms with van der Waals surface area (Å²) >= 11 is 0. The molecule has 2 saturated carbocycles. The number of hydrogen-bond donors (Lipinski definition) is 0. The number of piperidine rings is 1. The largest absolute Gasteiger partial charge is 0.497 e. The van der Waals surface area contributed by atoms with Gasteiger partial charge in [0.05, 0.1) is 13.2 Å². The van der Waals surface area contributed by atoms with Crippen LogP contribution in [0.25, 0.3) is 0 Å². The van der Waals surface area contributed by atoms with Crippen LogP contribution in [-0.2, 0) is 9.59 Å². The summed E-state index contributed by atoms with van der Waals surface area (Å²) in [7, 11) is 1.68. The molecule has 1 amide bonds. The van der Waals surface area contributed by atoms with E-state index in [2.05, 4.69) is 17.0 Å². The minimum atomic E-state index is 0.0926. The van der Waals surface area contributed by atoms with Gasteiger partial charge in [-0.3, -0.25) is 9.59 Å². The molecular formula is C21H27NO3. The van der Waals surface area contributed by atoms with Crippen molar-refractivity contribution in [2.75, 3.05) is 13.7 Å². The molecule has 1 aromatic carbocycles.